The lowest BCUT2D eigenvalue weighted by atomic mass is 10.1. The third-order valence-corrected chi connectivity index (χ3v) is 7.58. The summed E-state index contributed by atoms with van der Waals surface area (Å²) in [6.07, 6.45) is 0.615. The highest BCUT2D eigenvalue weighted by atomic mass is 32.2. The smallest absolute Gasteiger partial charge is 0.356 e. The van der Waals surface area contributed by atoms with Crippen LogP contribution < -0.4 is 19.5 Å². The van der Waals surface area contributed by atoms with Crippen molar-refractivity contribution in [3.05, 3.63) is 53.7 Å². The van der Waals surface area contributed by atoms with Gasteiger partial charge in [0.1, 0.15) is 16.4 Å². The molecule has 0 fully saturated rings. The van der Waals surface area contributed by atoms with Gasteiger partial charge in [-0.05, 0) is 76.6 Å². The summed E-state index contributed by atoms with van der Waals surface area (Å²) in [4.78, 5) is 24.1. The van der Waals surface area contributed by atoms with E-state index in [-0.39, 0.29) is 45.3 Å². The Hall–Kier alpha value is -3.90. The molecular formula is C27H34N4O7S. The van der Waals surface area contributed by atoms with E-state index in [1.807, 2.05) is 6.92 Å². The van der Waals surface area contributed by atoms with Crippen LogP contribution in [0.25, 0.3) is 5.69 Å². The second-order valence-corrected chi connectivity index (χ2v) is 11.8. The number of nitrogens with one attached hydrogen (secondary N) is 2. The molecule has 3 aromatic rings. The van der Waals surface area contributed by atoms with Crippen LogP contribution in [0.15, 0.2) is 47.4 Å². The first kappa shape index (κ1) is 29.7. The second-order valence-electron chi connectivity index (χ2n) is 10.1. The number of amides is 1. The van der Waals surface area contributed by atoms with Gasteiger partial charge in [-0.15, -0.1) is 0 Å². The molecular weight excluding hydrogens is 524 g/mol. The molecule has 0 aliphatic heterocycles. The average molecular weight is 559 g/mol. The second kappa shape index (κ2) is 11.5. The van der Waals surface area contributed by atoms with E-state index in [0.717, 1.165) is 0 Å². The van der Waals surface area contributed by atoms with E-state index in [9.17, 15) is 23.1 Å². The number of carbonyl (C=O) groups is 2. The number of carboxylic acid groups (broad SMARTS) is 1. The number of methoxy groups -OCH3 is 1. The maximum Gasteiger partial charge on any atom is 0.356 e. The van der Waals surface area contributed by atoms with Gasteiger partial charge in [-0.25, -0.2) is 17.9 Å². The molecule has 0 saturated heterocycles. The molecule has 1 atom stereocenters. The molecule has 0 radical (unpaired) electrons. The molecule has 0 spiro atoms. The van der Waals surface area contributed by atoms with Gasteiger partial charge in [0.05, 0.1) is 12.8 Å². The molecule has 1 heterocycles. The van der Waals surface area contributed by atoms with Crippen molar-refractivity contribution in [2.45, 2.75) is 58.4 Å². The third kappa shape index (κ3) is 6.95. The van der Waals surface area contributed by atoms with Crippen molar-refractivity contribution >= 4 is 27.6 Å². The zero-order chi connectivity index (χ0) is 29.1. The minimum absolute atomic E-state index is 0.0150. The molecule has 12 heteroatoms. The maximum absolute atomic E-state index is 13.5. The summed E-state index contributed by atoms with van der Waals surface area (Å²) in [6.45, 7) is 10.3. The lowest BCUT2D eigenvalue weighted by molar-refractivity contribution is -0.119. The molecule has 2 aromatic carbocycles. The molecule has 0 aliphatic carbocycles. The fourth-order valence-corrected chi connectivity index (χ4v) is 5.17. The Bertz CT molecular complexity index is 1470. The van der Waals surface area contributed by atoms with E-state index < -0.39 is 21.5 Å². The van der Waals surface area contributed by atoms with Gasteiger partial charge in [0.2, 0.25) is 21.8 Å². The lowest BCUT2D eigenvalue weighted by Crippen LogP contribution is -2.40. The summed E-state index contributed by atoms with van der Waals surface area (Å²) in [5.74, 6) is -1.28. The predicted octanol–water partition coefficient (Wildman–Crippen LogP) is 4.74. The fourth-order valence-electron chi connectivity index (χ4n) is 3.60. The maximum atomic E-state index is 13.5. The number of anilines is 1. The highest BCUT2D eigenvalue weighted by Gasteiger charge is 2.29. The zero-order valence-corrected chi connectivity index (χ0v) is 23.8. The van der Waals surface area contributed by atoms with Crippen molar-refractivity contribution in [1.82, 2.24) is 14.5 Å². The topological polar surface area (TPSA) is 149 Å². The van der Waals surface area contributed by atoms with Crippen LogP contribution in [0.1, 0.15) is 57.1 Å². The normalized spacial score (nSPS) is 12.6. The van der Waals surface area contributed by atoms with Gasteiger partial charge in [-0.2, -0.15) is 9.78 Å². The first-order valence-corrected chi connectivity index (χ1v) is 13.8. The van der Waals surface area contributed by atoms with Gasteiger partial charge in [-0.3, -0.25) is 4.79 Å². The first-order chi connectivity index (χ1) is 18.2. The zero-order valence-electron chi connectivity index (χ0n) is 23.0. The number of carboxylic acids is 1. The molecule has 39 heavy (non-hydrogen) atoms. The summed E-state index contributed by atoms with van der Waals surface area (Å²) < 4.78 is 42.1. The highest BCUT2D eigenvalue weighted by molar-refractivity contribution is 7.89. The van der Waals surface area contributed by atoms with E-state index in [1.54, 1.807) is 52.0 Å². The van der Waals surface area contributed by atoms with E-state index >= 15 is 0 Å². The minimum atomic E-state index is -4.15. The molecule has 1 aromatic heterocycles. The van der Waals surface area contributed by atoms with Crippen LogP contribution in [-0.4, -0.2) is 47.8 Å². The summed E-state index contributed by atoms with van der Waals surface area (Å²) in [5.41, 5.74) is -0.136. The largest absolute Gasteiger partial charge is 0.497 e. The van der Waals surface area contributed by atoms with Gasteiger partial charge in [0.25, 0.3) is 0 Å². The number of ether oxygens (including phenoxy) is 2. The van der Waals surface area contributed by atoms with Gasteiger partial charge in [0.15, 0.2) is 5.69 Å². The number of sulfonamides is 1. The van der Waals surface area contributed by atoms with Crippen LogP contribution in [0.5, 0.6) is 17.4 Å². The van der Waals surface area contributed by atoms with E-state index in [1.165, 1.54) is 36.9 Å². The van der Waals surface area contributed by atoms with E-state index in [4.69, 9.17) is 9.47 Å². The molecule has 0 saturated carbocycles. The molecule has 1 unspecified atom stereocenters. The van der Waals surface area contributed by atoms with Crippen molar-refractivity contribution in [3.8, 4) is 23.1 Å². The Morgan fingerprint density at radius 1 is 1.13 bits per heavy atom. The molecule has 3 N–H and O–H groups in total. The minimum Gasteiger partial charge on any atom is -0.497 e. The van der Waals surface area contributed by atoms with Crippen molar-refractivity contribution in [1.29, 1.82) is 0 Å². The van der Waals surface area contributed by atoms with Crippen LogP contribution in [0.4, 0.5) is 5.69 Å². The first-order valence-electron chi connectivity index (χ1n) is 12.3. The Balaban J connectivity index is 2.17. The van der Waals surface area contributed by atoms with Crippen molar-refractivity contribution in [3.63, 3.8) is 0 Å². The number of benzene rings is 2. The van der Waals surface area contributed by atoms with Gasteiger partial charge >= 0.3 is 5.97 Å². The lowest BCUT2D eigenvalue weighted by Gasteiger charge is -2.22. The number of hydrogen-bond donors (Lipinski definition) is 3. The van der Waals surface area contributed by atoms with Crippen LogP contribution in [0.3, 0.4) is 0 Å². The van der Waals surface area contributed by atoms with Crippen molar-refractivity contribution in [2.24, 2.45) is 5.92 Å². The third-order valence-electron chi connectivity index (χ3n) is 5.80. The SMILES string of the molecule is CCC(C)C(=O)Nc1ccc(Oc2c(C)c(C(=O)O)nn2-c2ccc(OC)cc2)c(S(=O)(=O)NC(C)(C)C)c1. The number of aromatic carboxylic acids is 1. The predicted molar refractivity (Wildman–Crippen MR) is 146 cm³/mol. The molecule has 0 aliphatic rings. The Morgan fingerprint density at radius 3 is 2.31 bits per heavy atom. The monoisotopic (exact) mass is 558 g/mol. The molecule has 210 valence electrons. The summed E-state index contributed by atoms with van der Waals surface area (Å²) in [5, 5.41) is 16.6. The van der Waals surface area contributed by atoms with Crippen LogP contribution >= 0.6 is 0 Å². The molecule has 11 nitrogen and oxygen atoms in total. The standard InChI is InChI=1S/C27H34N4O7S/c1-8-16(2)24(32)28-18-9-14-21(22(15-18)39(35,36)30-27(4,5)6)38-25-17(3)23(26(33)34)29-31(25)19-10-12-20(37-7)13-11-19/h9-16,30H,8H2,1-7H3,(H,28,32)(H,33,34). The quantitative estimate of drug-likeness (QED) is 0.323. The number of rotatable bonds is 10. The number of hydrogen-bond acceptors (Lipinski definition) is 7. The van der Waals surface area contributed by atoms with Crippen LogP contribution in [0.2, 0.25) is 0 Å². The van der Waals surface area contributed by atoms with Gasteiger partial charge < -0.3 is 19.9 Å². The Kier molecular flexibility index (Phi) is 8.71. The summed E-state index contributed by atoms with van der Waals surface area (Å²) in [6, 6.07) is 10.9. The Morgan fingerprint density at radius 2 is 1.77 bits per heavy atom. The van der Waals surface area contributed by atoms with Gasteiger partial charge in [-0.1, -0.05) is 13.8 Å². The summed E-state index contributed by atoms with van der Waals surface area (Å²) in [7, 11) is -2.63. The molecule has 3 rings (SSSR count). The van der Waals surface area contributed by atoms with Crippen LogP contribution in [0, 0.1) is 12.8 Å². The number of aromatic nitrogens is 2. The average Bonchev–Trinajstić information content (AvgIpc) is 3.19. The molecule has 1 amide bonds. The van der Waals surface area contributed by atoms with E-state index in [0.29, 0.717) is 17.9 Å². The molecule has 0 bridgehead atoms. The van der Waals surface area contributed by atoms with Crippen molar-refractivity contribution in [2.75, 3.05) is 12.4 Å². The van der Waals surface area contributed by atoms with Crippen LogP contribution in [-0.2, 0) is 14.8 Å². The Labute approximate surface area is 228 Å². The van der Waals surface area contributed by atoms with E-state index in [2.05, 4.69) is 15.1 Å². The fraction of sp³-hybridized carbons (Fsp3) is 0.370. The van der Waals surface area contributed by atoms with Crippen molar-refractivity contribution < 1.29 is 32.6 Å². The highest BCUT2D eigenvalue weighted by Crippen LogP contribution is 2.36. The number of nitrogens with zero attached hydrogens (tertiary/aromatic N) is 2. The number of carbonyl (C=O) groups excluding carboxylic acids is 1. The van der Waals surface area contributed by atoms with Gasteiger partial charge in [0, 0.05) is 22.7 Å². The summed E-state index contributed by atoms with van der Waals surface area (Å²) >= 11 is 0.